The molecule has 0 unspecified atom stereocenters. The Balaban J connectivity index is 0.000000514. The molecule has 0 bridgehead atoms. The lowest BCUT2D eigenvalue weighted by molar-refractivity contribution is 0.441. The fourth-order valence-electron chi connectivity index (χ4n) is 2.26. The third-order valence-corrected chi connectivity index (χ3v) is 3.16. The summed E-state index contributed by atoms with van der Waals surface area (Å²) in [7, 11) is 0. The van der Waals surface area contributed by atoms with Crippen LogP contribution >= 0.6 is 0 Å². The molecule has 3 nitrogen and oxygen atoms in total. The van der Waals surface area contributed by atoms with Crippen molar-refractivity contribution in [2.75, 3.05) is 18.0 Å². The number of hydrogen-bond donors (Lipinski definition) is 0. The smallest absolute Gasteiger partial charge is 0.131 e. The minimum Gasteiger partial charge on any atom is -0.356 e. The second-order valence-electron chi connectivity index (χ2n) is 4.53. The lowest BCUT2D eigenvalue weighted by atomic mass is 10.0. The minimum atomic E-state index is 0.817. The van der Waals surface area contributed by atoms with Crippen LogP contribution in [0.3, 0.4) is 0 Å². The van der Waals surface area contributed by atoms with Crippen molar-refractivity contribution < 1.29 is 0 Å². The van der Waals surface area contributed by atoms with Crippen LogP contribution < -0.4 is 4.90 Å². The highest BCUT2D eigenvalue weighted by molar-refractivity contribution is 5.59. The quantitative estimate of drug-likeness (QED) is 0.751. The topological polar surface area (TPSA) is 20.5 Å². The van der Waals surface area contributed by atoms with Crippen LogP contribution in [0.1, 0.15) is 26.3 Å². The summed E-state index contributed by atoms with van der Waals surface area (Å²) < 4.78 is 2.23. The largest absolute Gasteiger partial charge is 0.356 e. The van der Waals surface area contributed by atoms with E-state index in [2.05, 4.69) is 40.4 Å². The van der Waals surface area contributed by atoms with E-state index >= 15 is 0 Å². The molecule has 0 saturated carbocycles. The van der Waals surface area contributed by atoms with Gasteiger partial charge in [0.1, 0.15) is 5.82 Å². The van der Waals surface area contributed by atoms with Gasteiger partial charge in [0.05, 0.1) is 17.9 Å². The molecule has 1 aliphatic heterocycles. The highest BCUT2D eigenvalue weighted by Crippen LogP contribution is 2.25. The van der Waals surface area contributed by atoms with Gasteiger partial charge in [0, 0.05) is 19.3 Å². The highest BCUT2D eigenvalue weighted by Gasteiger charge is 2.24. The highest BCUT2D eigenvalue weighted by atomic mass is 15.3. The molecule has 0 radical (unpaired) electrons. The predicted octanol–water partition coefficient (Wildman–Crippen LogP) is 3.13. The van der Waals surface area contributed by atoms with Crippen molar-refractivity contribution in [2.45, 2.75) is 27.7 Å². The van der Waals surface area contributed by atoms with Crippen molar-refractivity contribution in [1.29, 1.82) is 0 Å². The molecule has 2 aromatic heterocycles. The van der Waals surface area contributed by atoms with E-state index in [1.807, 2.05) is 26.2 Å². The lowest BCUT2D eigenvalue weighted by Crippen LogP contribution is -2.46. The number of hydrogen-bond acceptors (Lipinski definition) is 2. The summed E-state index contributed by atoms with van der Waals surface area (Å²) in [4.78, 5) is 6.69. The molecule has 0 amide bonds. The molecule has 0 spiro atoms. The second kappa shape index (κ2) is 4.78. The van der Waals surface area contributed by atoms with Crippen LogP contribution in [0.2, 0.25) is 0 Å². The second-order valence-corrected chi connectivity index (χ2v) is 4.53. The maximum absolute atomic E-state index is 4.31. The van der Waals surface area contributed by atoms with Crippen LogP contribution in [0.4, 0.5) is 5.82 Å². The van der Waals surface area contributed by atoms with Crippen LogP contribution in [-0.4, -0.2) is 22.5 Å². The number of nitrogens with zero attached hydrogens (tertiary/aromatic N) is 3. The molecule has 92 valence electrons. The Kier molecular flexibility index (Phi) is 3.36. The number of aryl methyl sites for hydroxylation is 1. The Hall–Kier alpha value is -1.51. The summed E-state index contributed by atoms with van der Waals surface area (Å²) >= 11 is 0. The Morgan fingerprint density at radius 2 is 1.94 bits per heavy atom. The summed E-state index contributed by atoms with van der Waals surface area (Å²) in [6.45, 7) is 10.7. The van der Waals surface area contributed by atoms with E-state index in [1.54, 1.807) is 0 Å². The fraction of sp³-hybridized carbons (Fsp3) is 0.500. The molecule has 0 aromatic carbocycles. The summed E-state index contributed by atoms with van der Waals surface area (Å²) in [5, 5.41) is 0. The monoisotopic (exact) mass is 231 g/mol. The first-order valence-electron chi connectivity index (χ1n) is 6.42. The van der Waals surface area contributed by atoms with E-state index in [9.17, 15) is 0 Å². The molecule has 3 heterocycles. The van der Waals surface area contributed by atoms with E-state index in [1.165, 1.54) is 16.9 Å². The van der Waals surface area contributed by atoms with Gasteiger partial charge in [-0.15, -0.1) is 0 Å². The van der Waals surface area contributed by atoms with Gasteiger partial charge in [-0.3, -0.25) is 4.98 Å². The van der Waals surface area contributed by atoms with Crippen molar-refractivity contribution in [2.24, 2.45) is 5.92 Å². The molecule has 0 N–H and O–H groups in total. The van der Waals surface area contributed by atoms with E-state index < -0.39 is 0 Å². The molecule has 17 heavy (non-hydrogen) atoms. The molecular formula is C14H21N3. The van der Waals surface area contributed by atoms with Crippen molar-refractivity contribution in [3.63, 3.8) is 0 Å². The first kappa shape index (κ1) is 12.0. The first-order chi connectivity index (χ1) is 8.25. The average Bonchev–Trinajstić information content (AvgIpc) is 2.70. The maximum atomic E-state index is 4.31. The number of anilines is 1. The fourth-order valence-corrected chi connectivity index (χ4v) is 2.26. The van der Waals surface area contributed by atoms with Crippen LogP contribution in [0, 0.1) is 12.8 Å². The molecular weight excluding hydrogens is 210 g/mol. The van der Waals surface area contributed by atoms with E-state index in [-0.39, 0.29) is 0 Å². The van der Waals surface area contributed by atoms with Crippen LogP contribution in [0.15, 0.2) is 24.7 Å². The van der Waals surface area contributed by atoms with Crippen LogP contribution in [0.5, 0.6) is 0 Å². The minimum absolute atomic E-state index is 0.817. The average molecular weight is 231 g/mol. The van der Waals surface area contributed by atoms with Crippen molar-refractivity contribution in [3.8, 4) is 0 Å². The Labute approximate surface area is 103 Å². The van der Waals surface area contributed by atoms with E-state index in [0.717, 1.165) is 19.0 Å². The summed E-state index contributed by atoms with van der Waals surface area (Å²) in [5.41, 5.74) is 2.50. The van der Waals surface area contributed by atoms with Gasteiger partial charge in [-0.25, -0.2) is 0 Å². The van der Waals surface area contributed by atoms with Gasteiger partial charge in [0.2, 0.25) is 0 Å². The molecule has 0 atom stereocenters. The van der Waals surface area contributed by atoms with Gasteiger partial charge in [0.25, 0.3) is 0 Å². The third kappa shape index (κ3) is 2.02. The molecule has 1 aliphatic rings. The Morgan fingerprint density at radius 3 is 2.59 bits per heavy atom. The Morgan fingerprint density at radius 1 is 1.24 bits per heavy atom. The van der Waals surface area contributed by atoms with Crippen molar-refractivity contribution in [3.05, 3.63) is 30.2 Å². The first-order valence-corrected chi connectivity index (χ1v) is 6.42. The zero-order valence-corrected chi connectivity index (χ0v) is 11.1. The molecule has 3 heteroatoms. The molecule has 3 rings (SSSR count). The molecule has 0 aliphatic carbocycles. The number of aromatic nitrogens is 2. The van der Waals surface area contributed by atoms with Gasteiger partial charge in [0.15, 0.2) is 0 Å². The van der Waals surface area contributed by atoms with Gasteiger partial charge in [-0.2, -0.15) is 0 Å². The predicted molar refractivity (Wildman–Crippen MR) is 72.7 cm³/mol. The standard InChI is InChI=1S/C12H15N3.C2H6/c1-9-7-14(8-9)12-6-13-5-11-10(2)3-4-15(11)12;1-2/h3-6,9H,7-8H2,1-2H3;1-2H3. The third-order valence-electron chi connectivity index (χ3n) is 3.16. The summed E-state index contributed by atoms with van der Waals surface area (Å²) in [6, 6.07) is 2.14. The van der Waals surface area contributed by atoms with Gasteiger partial charge >= 0.3 is 0 Å². The number of rotatable bonds is 1. The van der Waals surface area contributed by atoms with Gasteiger partial charge < -0.3 is 9.30 Å². The van der Waals surface area contributed by atoms with Crippen LogP contribution in [0.25, 0.3) is 5.52 Å². The molecule has 1 fully saturated rings. The van der Waals surface area contributed by atoms with Gasteiger partial charge in [-0.05, 0) is 24.5 Å². The lowest BCUT2D eigenvalue weighted by Gasteiger charge is -2.39. The summed E-state index contributed by atoms with van der Waals surface area (Å²) in [6.07, 6.45) is 6.02. The zero-order chi connectivity index (χ0) is 12.4. The SMILES string of the molecule is CC.Cc1ccn2c(N3CC(C)C3)cncc12. The van der Waals surface area contributed by atoms with Crippen molar-refractivity contribution in [1.82, 2.24) is 9.38 Å². The maximum Gasteiger partial charge on any atom is 0.131 e. The Bertz CT molecular complexity index is 495. The summed E-state index contributed by atoms with van der Waals surface area (Å²) in [5.74, 6) is 2.04. The molecule has 1 saturated heterocycles. The molecule has 2 aromatic rings. The van der Waals surface area contributed by atoms with Gasteiger partial charge in [-0.1, -0.05) is 20.8 Å². The zero-order valence-electron chi connectivity index (χ0n) is 11.1. The van der Waals surface area contributed by atoms with Crippen LogP contribution in [-0.2, 0) is 0 Å². The van der Waals surface area contributed by atoms with Crippen molar-refractivity contribution >= 4 is 11.3 Å². The van der Waals surface area contributed by atoms with E-state index in [0.29, 0.717) is 0 Å². The normalized spacial score (nSPS) is 15.4. The van der Waals surface area contributed by atoms with E-state index in [4.69, 9.17) is 0 Å². The number of fused-ring (bicyclic) bond motifs is 1.